The normalized spacial score (nSPS) is 14.3. The van der Waals surface area contributed by atoms with Crippen molar-refractivity contribution in [2.24, 2.45) is 5.92 Å². The zero-order chi connectivity index (χ0) is 12.8. The van der Waals surface area contributed by atoms with Gasteiger partial charge in [-0.1, -0.05) is 18.3 Å². The molecule has 18 heavy (non-hydrogen) atoms. The number of aliphatic hydroxyl groups excluding tert-OH is 1. The number of aromatic nitrogens is 1. The SMILES string of the molecule is O=C(NCC1CCC1)c1cncc(C#CCO)c1. The predicted molar refractivity (Wildman–Crippen MR) is 67.9 cm³/mol. The Kier molecular flexibility index (Phi) is 4.32. The lowest BCUT2D eigenvalue weighted by Gasteiger charge is -2.25. The number of amides is 1. The first-order chi connectivity index (χ1) is 8.79. The molecule has 0 saturated heterocycles. The Hall–Kier alpha value is -1.86. The summed E-state index contributed by atoms with van der Waals surface area (Å²) >= 11 is 0. The van der Waals surface area contributed by atoms with Crippen molar-refractivity contribution in [1.29, 1.82) is 0 Å². The van der Waals surface area contributed by atoms with Gasteiger partial charge in [0.05, 0.1) is 5.56 Å². The summed E-state index contributed by atoms with van der Waals surface area (Å²) in [6.45, 7) is 0.545. The van der Waals surface area contributed by atoms with Gasteiger partial charge in [-0.3, -0.25) is 9.78 Å². The summed E-state index contributed by atoms with van der Waals surface area (Å²) in [6.07, 6.45) is 6.79. The average molecular weight is 244 g/mol. The van der Waals surface area contributed by atoms with Crippen LogP contribution in [0.3, 0.4) is 0 Å². The van der Waals surface area contributed by atoms with Crippen LogP contribution in [0.1, 0.15) is 35.2 Å². The van der Waals surface area contributed by atoms with Gasteiger partial charge in [0, 0.05) is 24.5 Å². The van der Waals surface area contributed by atoms with Crippen LogP contribution in [0.15, 0.2) is 18.5 Å². The minimum absolute atomic E-state index is 0.109. The number of carbonyl (C=O) groups excluding carboxylic acids is 1. The maximum absolute atomic E-state index is 11.9. The first-order valence-electron chi connectivity index (χ1n) is 6.12. The molecule has 0 unspecified atom stereocenters. The molecule has 1 aromatic heterocycles. The number of rotatable bonds is 3. The van der Waals surface area contributed by atoms with Gasteiger partial charge in [0.1, 0.15) is 6.61 Å². The third-order valence-corrected chi connectivity index (χ3v) is 3.09. The first kappa shape index (κ1) is 12.6. The number of pyridine rings is 1. The average Bonchev–Trinajstić information content (AvgIpc) is 2.34. The van der Waals surface area contributed by atoms with E-state index in [-0.39, 0.29) is 12.5 Å². The molecule has 0 radical (unpaired) electrons. The van der Waals surface area contributed by atoms with E-state index >= 15 is 0 Å². The third kappa shape index (κ3) is 3.31. The Labute approximate surface area is 106 Å². The second kappa shape index (κ2) is 6.18. The molecule has 1 aliphatic rings. The van der Waals surface area contributed by atoms with Crippen molar-refractivity contribution in [3.63, 3.8) is 0 Å². The highest BCUT2D eigenvalue weighted by Crippen LogP contribution is 2.25. The molecule has 1 heterocycles. The van der Waals surface area contributed by atoms with Gasteiger partial charge in [0.25, 0.3) is 5.91 Å². The maximum Gasteiger partial charge on any atom is 0.252 e. The minimum Gasteiger partial charge on any atom is -0.384 e. The van der Waals surface area contributed by atoms with Crippen LogP contribution in [0.4, 0.5) is 0 Å². The summed E-state index contributed by atoms with van der Waals surface area (Å²) in [5.74, 6) is 5.80. The van der Waals surface area contributed by atoms with Gasteiger partial charge in [0.15, 0.2) is 0 Å². The number of hydrogen-bond acceptors (Lipinski definition) is 3. The van der Waals surface area contributed by atoms with E-state index < -0.39 is 0 Å². The van der Waals surface area contributed by atoms with Crippen molar-refractivity contribution in [3.8, 4) is 11.8 Å². The number of hydrogen-bond donors (Lipinski definition) is 2. The molecule has 4 nitrogen and oxygen atoms in total. The van der Waals surface area contributed by atoms with Gasteiger partial charge in [-0.2, -0.15) is 0 Å². The molecule has 0 atom stereocenters. The van der Waals surface area contributed by atoms with Crippen LogP contribution in [0.2, 0.25) is 0 Å². The minimum atomic E-state index is -0.196. The zero-order valence-corrected chi connectivity index (χ0v) is 10.1. The van der Waals surface area contributed by atoms with E-state index in [0.29, 0.717) is 17.0 Å². The Balaban J connectivity index is 1.95. The standard InChI is InChI=1S/C14H16N2O2/c17-6-2-5-12-7-13(10-15-8-12)14(18)16-9-11-3-1-4-11/h7-8,10-11,17H,1,3-4,6,9H2,(H,16,18). The summed E-state index contributed by atoms with van der Waals surface area (Å²) in [5, 5.41) is 11.5. The number of nitrogens with zero attached hydrogens (tertiary/aromatic N) is 1. The van der Waals surface area contributed by atoms with Gasteiger partial charge in [-0.05, 0) is 24.8 Å². The molecule has 2 rings (SSSR count). The lowest BCUT2D eigenvalue weighted by molar-refractivity contribution is 0.0938. The fraction of sp³-hybridized carbons (Fsp3) is 0.429. The predicted octanol–water partition coefficient (Wildman–Crippen LogP) is 0.955. The second-order valence-corrected chi connectivity index (χ2v) is 4.43. The molecule has 1 saturated carbocycles. The molecule has 2 N–H and O–H groups in total. The summed E-state index contributed by atoms with van der Waals surface area (Å²) in [7, 11) is 0. The Morgan fingerprint density at radius 1 is 1.50 bits per heavy atom. The molecule has 0 aliphatic heterocycles. The first-order valence-corrected chi connectivity index (χ1v) is 6.12. The van der Waals surface area contributed by atoms with Gasteiger partial charge >= 0.3 is 0 Å². The van der Waals surface area contributed by atoms with Crippen molar-refractivity contribution >= 4 is 5.91 Å². The van der Waals surface area contributed by atoms with E-state index in [9.17, 15) is 4.79 Å². The van der Waals surface area contributed by atoms with E-state index in [1.165, 1.54) is 25.5 Å². The largest absolute Gasteiger partial charge is 0.384 e. The molecule has 1 aliphatic carbocycles. The molecule has 0 bridgehead atoms. The van der Waals surface area contributed by atoms with Crippen molar-refractivity contribution in [2.75, 3.05) is 13.2 Å². The van der Waals surface area contributed by atoms with Crippen LogP contribution < -0.4 is 5.32 Å². The number of carbonyl (C=O) groups is 1. The third-order valence-electron chi connectivity index (χ3n) is 3.09. The Bertz CT molecular complexity index is 484. The van der Waals surface area contributed by atoms with E-state index in [4.69, 9.17) is 5.11 Å². The zero-order valence-electron chi connectivity index (χ0n) is 10.1. The lowest BCUT2D eigenvalue weighted by atomic mass is 9.85. The second-order valence-electron chi connectivity index (χ2n) is 4.43. The van der Waals surface area contributed by atoms with Crippen molar-refractivity contribution < 1.29 is 9.90 Å². The summed E-state index contributed by atoms with van der Waals surface area (Å²) in [6, 6.07) is 1.69. The topological polar surface area (TPSA) is 62.2 Å². The molecule has 0 aromatic carbocycles. The molecule has 94 valence electrons. The fourth-order valence-electron chi connectivity index (χ4n) is 1.81. The highest BCUT2D eigenvalue weighted by Gasteiger charge is 2.18. The Morgan fingerprint density at radius 2 is 2.33 bits per heavy atom. The van der Waals surface area contributed by atoms with Crippen LogP contribution in [0, 0.1) is 17.8 Å². The van der Waals surface area contributed by atoms with Crippen LogP contribution in [-0.4, -0.2) is 29.1 Å². The summed E-state index contributed by atoms with van der Waals surface area (Å²) < 4.78 is 0. The molecule has 0 spiro atoms. The summed E-state index contributed by atoms with van der Waals surface area (Å²) in [4.78, 5) is 15.8. The van der Waals surface area contributed by atoms with E-state index in [2.05, 4.69) is 22.1 Å². The van der Waals surface area contributed by atoms with Crippen LogP contribution in [-0.2, 0) is 0 Å². The molecule has 4 heteroatoms. The number of aliphatic hydroxyl groups is 1. The monoisotopic (exact) mass is 244 g/mol. The number of nitrogens with one attached hydrogen (secondary N) is 1. The molecule has 1 amide bonds. The lowest BCUT2D eigenvalue weighted by Crippen LogP contribution is -2.32. The van der Waals surface area contributed by atoms with Crippen LogP contribution in [0.25, 0.3) is 0 Å². The van der Waals surface area contributed by atoms with E-state index in [1.54, 1.807) is 12.3 Å². The highest BCUT2D eigenvalue weighted by atomic mass is 16.2. The van der Waals surface area contributed by atoms with E-state index in [1.807, 2.05) is 0 Å². The molecule has 1 fully saturated rings. The molecular weight excluding hydrogens is 228 g/mol. The van der Waals surface area contributed by atoms with Gasteiger partial charge in [0.2, 0.25) is 0 Å². The Morgan fingerprint density at radius 3 is 3.00 bits per heavy atom. The van der Waals surface area contributed by atoms with Gasteiger partial charge in [-0.15, -0.1) is 0 Å². The van der Waals surface area contributed by atoms with Gasteiger partial charge in [-0.25, -0.2) is 0 Å². The highest BCUT2D eigenvalue weighted by molar-refractivity contribution is 5.94. The van der Waals surface area contributed by atoms with E-state index in [0.717, 1.165) is 6.54 Å². The van der Waals surface area contributed by atoms with Crippen molar-refractivity contribution in [3.05, 3.63) is 29.6 Å². The van der Waals surface area contributed by atoms with Crippen molar-refractivity contribution in [2.45, 2.75) is 19.3 Å². The summed E-state index contributed by atoms with van der Waals surface area (Å²) in [5.41, 5.74) is 1.15. The quantitative estimate of drug-likeness (QED) is 0.778. The van der Waals surface area contributed by atoms with Crippen LogP contribution >= 0.6 is 0 Å². The molecular formula is C14H16N2O2. The van der Waals surface area contributed by atoms with Crippen molar-refractivity contribution in [1.82, 2.24) is 10.3 Å². The smallest absolute Gasteiger partial charge is 0.252 e. The van der Waals surface area contributed by atoms with Gasteiger partial charge < -0.3 is 10.4 Å². The van der Waals surface area contributed by atoms with Crippen LogP contribution in [0.5, 0.6) is 0 Å². The molecule has 1 aromatic rings. The maximum atomic E-state index is 11.9. The fourth-order valence-corrected chi connectivity index (χ4v) is 1.81.